The quantitative estimate of drug-likeness (QED) is 0.501. The SMILES string of the molecule is CC1(C)CC(=O)CC(C)(C)[N+]1=O.[Br-]. The number of piperidine rings is 1. The lowest BCUT2D eigenvalue weighted by molar-refractivity contribution is -0.685. The third-order valence-electron chi connectivity index (χ3n) is 2.36. The Morgan fingerprint density at radius 3 is 1.69 bits per heavy atom. The van der Waals surface area contributed by atoms with Gasteiger partial charge in [-0.1, -0.05) is 0 Å². The fraction of sp³-hybridized carbons (Fsp3) is 0.889. The van der Waals surface area contributed by atoms with Crippen LogP contribution < -0.4 is 17.0 Å². The number of halogens is 1. The van der Waals surface area contributed by atoms with Crippen molar-refractivity contribution in [3.05, 3.63) is 4.91 Å². The van der Waals surface area contributed by atoms with E-state index in [9.17, 15) is 9.70 Å². The van der Waals surface area contributed by atoms with Gasteiger partial charge in [0.25, 0.3) is 0 Å². The van der Waals surface area contributed by atoms with Gasteiger partial charge in [-0.2, -0.15) is 0 Å². The molecule has 0 spiro atoms. The number of nitrogens with zero attached hydrogens (tertiary/aromatic N) is 1. The fourth-order valence-electron chi connectivity index (χ4n) is 1.99. The van der Waals surface area contributed by atoms with Crippen LogP contribution in [-0.4, -0.2) is 21.6 Å². The average molecular weight is 250 g/mol. The number of carbonyl (C=O) groups is 1. The van der Waals surface area contributed by atoms with E-state index in [4.69, 9.17) is 0 Å². The summed E-state index contributed by atoms with van der Waals surface area (Å²) in [4.78, 5) is 23.0. The second-order valence-electron chi connectivity index (χ2n) is 4.81. The zero-order chi connectivity index (χ0) is 9.57. The minimum absolute atomic E-state index is 0. The molecule has 0 saturated carbocycles. The predicted octanol–water partition coefficient (Wildman–Crippen LogP) is -1.31. The molecule has 1 fully saturated rings. The van der Waals surface area contributed by atoms with E-state index in [0.29, 0.717) is 12.8 Å². The summed E-state index contributed by atoms with van der Waals surface area (Å²) < 4.78 is 1.06. The topological polar surface area (TPSA) is 37.1 Å². The molecule has 0 amide bonds. The van der Waals surface area contributed by atoms with Crippen LogP contribution in [0.5, 0.6) is 0 Å². The Kier molecular flexibility index (Phi) is 3.41. The summed E-state index contributed by atoms with van der Waals surface area (Å²) >= 11 is 0. The lowest BCUT2D eigenvalue weighted by atomic mass is 9.82. The highest BCUT2D eigenvalue weighted by Crippen LogP contribution is 2.31. The van der Waals surface area contributed by atoms with Crippen LogP contribution in [0.3, 0.4) is 0 Å². The van der Waals surface area contributed by atoms with Gasteiger partial charge in [-0.05, 0) is 0 Å². The van der Waals surface area contributed by atoms with Crippen LogP contribution in [0.4, 0.5) is 0 Å². The molecule has 0 aliphatic carbocycles. The van der Waals surface area contributed by atoms with Crippen molar-refractivity contribution in [2.24, 2.45) is 0 Å². The Morgan fingerprint density at radius 1 is 1.08 bits per heavy atom. The second-order valence-corrected chi connectivity index (χ2v) is 4.81. The smallest absolute Gasteiger partial charge is 0.212 e. The first kappa shape index (κ1) is 12.8. The maximum absolute atomic E-state index is 11.7. The van der Waals surface area contributed by atoms with E-state index in [1.165, 1.54) is 0 Å². The molecule has 0 radical (unpaired) electrons. The number of Topliss-reactive ketones (excluding diaryl/α,β-unsaturated/α-hetero) is 1. The predicted molar refractivity (Wildman–Crippen MR) is 46.0 cm³/mol. The molecule has 4 heteroatoms. The normalized spacial score (nSPS) is 25.2. The number of ketones is 1. The van der Waals surface area contributed by atoms with Gasteiger partial charge in [-0.3, -0.25) is 4.79 Å². The van der Waals surface area contributed by atoms with Crippen LogP contribution in [0.2, 0.25) is 0 Å². The Labute approximate surface area is 89.2 Å². The van der Waals surface area contributed by atoms with Crippen LogP contribution >= 0.6 is 0 Å². The third kappa shape index (κ3) is 2.36. The lowest BCUT2D eigenvalue weighted by Crippen LogP contribution is -3.00. The molecule has 1 aliphatic rings. The highest BCUT2D eigenvalue weighted by molar-refractivity contribution is 5.80. The largest absolute Gasteiger partial charge is 1.00 e. The molecule has 0 bridgehead atoms. The van der Waals surface area contributed by atoms with Gasteiger partial charge in [0.2, 0.25) is 11.1 Å². The summed E-state index contributed by atoms with van der Waals surface area (Å²) in [5.74, 6) is 0.192. The van der Waals surface area contributed by atoms with Crippen molar-refractivity contribution < 1.29 is 26.5 Å². The molecule has 0 atom stereocenters. The average Bonchev–Trinajstić information content (AvgIpc) is 1.80. The van der Waals surface area contributed by atoms with Gasteiger partial charge in [0.05, 0.1) is 12.8 Å². The molecule has 76 valence electrons. The lowest BCUT2D eigenvalue weighted by Gasteiger charge is -2.30. The minimum atomic E-state index is -0.529. The van der Waals surface area contributed by atoms with Crippen molar-refractivity contribution in [2.75, 3.05) is 0 Å². The van der Waals surface area contributed by atoms with E-state index in [1.54, 1.807) is 0 Å². The Bertz CT molecular complexity index is 224. The highest BCUT2D eigenvalue weighted by atomic mass is 79.9. The minimum Gasteiger partial charge on any atom is -1.00 e. The first-order chi connectivity index (χ1) is 5.26. The van der Waals surface area contributed by atoms with Crippen molar-refractivity contribution in [1.29, 1.82) is 0 Å². The van der Waals surface area contributed by atoms with Crippen LogP contribution in [0.15, 0.2) is 0 Å². The van der Waals surface area contributed by atoms with Crippen molar-refractivity contribution in [3.63, 3.8) is 0 Å². The summed E-state index contributed by atoms with van der Waals surface area (Å²) in [5, 5.41) is 0. The molecule has 1 saturated heterocycles. The number of hydrogen-bond acceptors (Lipinski definition) is 2. The van der Waals surface area contributed by atoms with Gasteiger partial charge in [0.1, 0.15) is 5.78 Å². The summed E-state index contributed by atoms with van der Waals surface area (Å²) in [7, 11) is 0. The summed E-state index contributed by atoms with van der Waals surface area (Å²) in [6.07, 6.45) is 0.750. The van der Waals surface area contributed by atoms with Crippen molar-refractivity contribution in [3.8, 4) is 0 Å². The molecular weight excluding hydrogens is 234 g/mol. The second kappa shape index (κ2) is 3.48. The number of hydrogen-bond donors (Lipinski definition) is 0. The van der Waals surface area contributed by atoms with E-state index in [-0.39, 0.29) is 22.8 Å². The highest BCUT2D eigenvalue weighted by Gasteiger charge is 2.53. The summed E-state index contributed by atoms with van der Waals surface area (Å²) in [6, 6.07) is 0. The summed E-state index contributed by atoms with van der Waals surface area (Å²) in [5.41, 5.74) is -1.06. The van der Waals surface area contributed by atoms with Crippen molar-refractivity contribution in [1.82, 2.24) is 0 Å². The Morgan fingerprint density at radius 2 is 1.38 bits per heavy atom. The van der Waals surface area contributed by atoms with Crippen LogP contribution in [-0.2, 0) is 4.79 Å². The number of rotatable bonds is 0. The van der Waals surface area contributed by atoms with Crippen molar-refractivity contribution >= 4 is 5.78 Å². The standard InChI is InChI=1S/C9H16NO2.BrH/c1-8(2)5-7(11)6-9(3,4)10(8)12;/h5-6H2,1-4H3;1H/q+1;/p-1. The van der Waals surface area contributed by atoms with Gasteiger partial charge in [0.15, 0.2) is 0 Å². The molecular formula is C9H16BrNO2. The summed E-state index contributed by atoms with van der Waals surface area (Å²) in [6.45, 7) is 7.27. The molecule has 0 aromatic heterocycles. The van der Waals surface area contributed by atoms with Gasteiger partial charge >= 0.3 is 0 Å². The van der Waals surface area contributed by atoms with E-state index in [2.05, 4.69) is 0 Å². The molecule has 1 rings (SSSR count). The molecule has 0 N–H and O–H groups in total. The van der Waals surface area contributed by atoms with Crippen LogP contribution in [0.1, 0.15) is 40.5 Å². The van der Waals surface area contributed by atoms with Gasteiger partial charge in [-0.25, -0.2) is 0 Å². The maximum Gasteiger partial charge on any atom is 0.212 e. The van der Waals surface area contributed by atoms with E-state index in [1.807, 2.05) is 27.7 Å². The van der Waals surface area contributed by atoms with Gasteiger partial charge < -0.3 is 17.0 Å². The molecule has 1 aliphatic heterocycles. The first-order valence-corrected chi connectivity index (χ1v) is 4.25. The van der Waals surface area contributed by atoms with Gasteiger partial charge in [-0.15, -0.1) is 0 Å². The molecule has 0 aromatic carbocycles. The van der Waals surface area contributed by atoms with Crippen LogP contribution in [0, 0.1) is 4.91 Å². The van der Waals surface area contributed by atoms with E-state index < -0.39 is 11.1 Å². The Hall–Kier alpha value is -0.250. The van der Waals surface area contributed by atoms with E-state index >= 15 is 0 Å². The molecule has 0 unspecified atom stereocenters. The number of carbonyl (C=O) groups excluding carboxylic acids is 1. The van der Waals surface area contributed by atoms with Crippen molar-refractivity contribution in [2.45, 2.75) is 51.6 Å². The Balaban J connectivity index is 0.00000144. The van der Waals surface area contributed by atoms with Gasteiger partial charge in [0, 0.05) is 37.4 Å². The molecule has 3 nitrogen and oxygen atoms in total. The molecule has 1 heterocycles. The monoisotopic (exact) mass is 249 g/mol. The van der Waals surface area contributed by atoms with Crippen LogP contribution in [0.25, 0.3) is 0 Å². The zero-order valence-electron chi connectivity index (χ0n) is 8.56. The molecule has 0 aromatic rings. The fourth-order valence-corrected chi connectivity index (χ4v) is 1.99. The number of nitroso groups, excluding NO2 is 1. The maximum atomic E-state index is 11.7. The first-order valence-electron chi connectivity index (χ1n) is 4.25. The molecule has 13 heavy (non-hydrogen) atoms. The third-order valence-corrected chi connectivity index (χ3v) is 2.36. The zero-order valence-corrected chi connectivity index (χ0v) is 10.1. The van der Waals surface area contributed by atoms with E-state index in [0.717, 1.165) is 4.76 Å².